The van der Waals surface area contributed by atoms with Crippen molar-refractivity contribution in [1.82, 2.24) is 4.90 Å². The van der Waals surface area contributed by atoms with E-state index in [1.54, 1.807) is 34.6 Å². The van der Waals surface area contributed by atoms with Crippen molar-refractivity contribution in [2.45, 2.75) is 186 Å². The highest BCUT2D eigenvalue weighted by atomic mass is 16.7. The van der Waals surface area contributed by atoms with Gasteiger partial charge in [0, 0.05) is 50.3 Å². The van der Waals surface area contributed by atoms with Gasteiger partial charge in [-0.3, -0.25) is 9.69 Å². The topological polar surface area (TPSA) is 187 Å². The number of nitrogens with zero attached hydrogens (tertiary/aromatic N) is 2. The lowest BCUT2D eigenvalue weighted by atomic mass is 9.73. The van der Waals surface area contributed by atoms with Gasteiger partial charge in [-0.05, 0) is 73.4 Å². The van der Waals surface area contributed by atoms with Gasteiger partial charge in [0.05, 0.1) is 66.6 Å². The van der Waals surface area contributed by atoms with Gasteiger partial charge in [0.15, 0.2) is 12.6 Å². The van der Waals surface area contributed by atoms with E-state index in [0.29, 0.717) is 30.7 Å². The predicted octanol–water partition coefficient (Wildman–Crippen LogP) is 4.06. The second kappa shape index (κ2) is 20.3. The maximum Gasteiger partial charge on any atom is 0.311 e. The van der Waals surface area contributed by atoms with Crippen molar-refractivity contribution in [3.8, 4) is 12.3 Å². The molecule has 0 radical (unpaired) electrons. The standard InChI is InChI=1S/C44H74N2O13/c1-15-17-18-46(13)31-19-26(5)55-41(35(31)47)59-38-28(7)36(58-33-21-42(10,52-14)37(48)30(9)56-33)29(8)40(49)57-32(16-2)44(12,50)39-27(6)34(45-51)25(4)20-43(38,11)54-23-24(3)22-53-39/h1,25-33,35-39,41,47-48,50-51H,3,16-23H2,2,4-14H3/b45-34+/t25-,26-,27+,28?,29-,30+,31+,32-,33?,35-,36+,37+,38-,39-,41?,42-,43-,44-/m1/s1. The van der Waals surface area contributed by atoms with Crippen LogP contribution in [0.4, 0.5) is 0 Å². The van der Waals surface area contributed by atoms with Crippen molar-refractivity contribution < 1.29 is 63.2 Å². The Morgan fingerprint density at radius 1 is 1.03 bits per heavy atom. The minimum absolute atomic E-state index is 0.0170. The van der Waals surface area contributed by atoms with Crippen molar-refractivity contribution in [2.75, 3.05) is 33.9 Å². The Morgan fingerprint density at radius 2 is 1.71 bits per heavy atom. The van der Waals surface area contributed by atoms with E-state index < -0.39 is 102 Å². The van der Waals surface area contributed by atoms with E-state index in [1.807, 2.05) is 46.6 Å². The number of esters is 1. The highest BCUT2D eigenvalue weighted by molar-refractivity contribution is 5.88. The average molecular weight is 839 g/mol. The molecule has 0 aliphatic carbocycles. The van der Waals surface area contributed by atoms with Crippen LogP contribution in [-0.4, -0.2) is 155 Å². The van der Waals surface area contributed by atoms with Gasteiger partial charge in [0.25, 0.3) is 0 Å². The summed E-state index contributed by atoms with van der Waals surface area (Å²) < 4.78 is 52.0. The third-order valence-corrected chi connectivity index (χ3v) is 13.5. The first-order chi connectivity index (χ1) is 27.6. The summed E-state index contributed by atoms with van der Waals surface area (Å²) in [7, 11) is 3.43. The van der Waals surface area contributed by atoms with Crippen LogP contribution < -0.4 is 0 Å². The van der Waals surface area contributed by atoms with E-state index >= 15 is 0 Å². The molecule has 4 fully saturated rings. The van der Waals surface area contributed by atoms with Crippen molar-refractivity contribution in [3.63, 3.8) is 0 Å². The average Bonchev–Trinajstić information content (AvgIpc) is 3.19. The van der Waals surface area contributed by atoms with Crippen LogP contribution in [-0.2, 0) is 42.7 Å². The number of hydrogen-bond acceptors (Lipinski definition) is 15. The molecule has 4 saturated heterocycles. The molecule has 4 rings (SSSR count). The molecule has 4 aliphatic rings. The number of aliphatic hydroxyl groups excluding tert-OH is 2. The molecule has 15 nitrogen and oxygen atoms in total. The Morgan fingerprint density at radius 3 is 2.32 bits per heavy atom. The second-order valence-electron chi connectivity index (χ2n) is 18.3. The minimum atomic E-state index is -1.76. The first-order valence-corrected chi connectivity index (χ1v) is 21.3. The summed E-state index contributed by atoms with van der Waals surface area (Å²) in [5.41, 5.74) is -3.17. The summed E-state index contributed by atoms with van der Waals surface area (Å²) in [5.74, 6) is -0.863. The summed E-state index contributed by atoms with van der Waals surface area (Å²) in [5, 5.41) is 49.9. The first kappa shape index (κ1) is 49.5. The van der Waals surface area contributed by atoms with Gasteiger partial charge >= 0.3 is 5.97 Å². The number of carbonyl (C=O) groups excluding carboxylic acids is 1. The highest BCUT2D eigenvalue weighted by Crippen LogP contribution is 2.43. The summed E-state index contributed by atoms with van der Waals surface area (Å²) >= 11 is 0. The van der Waals surface area contributed by atoms with Gasteiger partial charge in [-0.1, -0.05) is 39.4 Å². The van der Waals surface area contributed by atoms with Gasteiger partial charge in [-0.25, -0.2) is 0 Å². The largest absolute Gasteiger partial charge is 0.459 e. The SMILES string of the molecule is C#CCCN(C)[C@H]1C[C@@H](C)OC(O[C@@H]2C(C)[C@H](OC3C[C@@](C)(OC)[C@@H](O)[C@H](C)O3)[C@@H](C)C(=O)O[C@H](CC)[C@@](C)(O)[C@@H]3OCC(=C)CO[C@]2(C)C[C@@H](C)/C(=N\O)[C@@H]3C)[C@@H]1O. The number of likely N-dealkylation sites (N-methyl/N-ethyl adjacent to an activating group) is 1. The van der Waals surface area contributed by atoms with Crippen LogP contribution >= 0.6 is 0 Å². The molecule has 4 N–H and O–H groups in total. The number of aliphatic hydroxyl groups is 3. The highest BCUT2D eigenvalue weighted by Gasteiger charge is 2.55. The lowest BCUT2D eigenvalue weighted by Gasteiger charge is -2.50. The lowest BCUT2D eigenvalue weighted by Crippen LogP contribution is -2.62. The molecule has 0 spiro atoms. The zero-order valence-electron chi connectivity index (χ0n) is 37.5. The van der Waals surface area contributed by atoms with Crippen LogP contribution in [0.1, 0.15) is 101 Å². The molecule has 0 aromatic rings. The number of hydrogen-bond donors (Lipinski definition) is 4. The zero-order valence-corrected chi connectivity index (χ0v) is 37.5. The molecule has 0 aromatic carbocycles. The van der Waals surface area contributed by atoms with E-state index in [0.717, 1.165) is 0 Å². The Hall–Kier alpha value is -2.20. The summed E-state index contributed by atoms with van der Waals surface area (Å²) in [6.07, 6.45) is -2.04. The van der Waals surface area contributed by atoms with E-state index in [4.69, 9.17) is 44.3 Å². The van der Waals surface area contributed by atoms with Crippen molar-refractivity contribution in [3.05, 3.63) is 12.2 Å². The minimum Gasteiger partial charge on any atom is -0.459 e. The smallest absolute Gasteiger partial charge is 0.311 e. The quantitative estimate of drug-likeness (QED) is 0.0857. The number of methoxy groups -OCH3 is 1. The monoisotopic (exact) mass is 839 g/mol. The molecular formula is C44H74N2O13. The molecule has 4 aliphatic heterocycles. The van der Waals surface area contributed by atoms with Gasteiger partial charge in [0.2, 0.25) is 0 Å². The number of ether oxygens (including phenoxy) is 8. The number of terminal acetylenes is 1. The maximum absolute atomic E-state index is 14.6. The van der Waals surface area contributed by atoms with E-state index in [2.05, 4.69) is 17.7 Å². The third kappa shape index (κ3) is 10.9. The van der Waals surface area contributed by atoms with Gasteiger partial charge < -0.3 is 58.4 Å². The number of fused-ring (bicyclic) bond motifs is 5. The van der Waals surface area contributed by atoms with E-state index in [9.17, 15) is 25.3 Å². The first-order valence-electron chi connectivity index (χ1n) is 21.3. The fourth-order valence-electron chi connectivity index (χ4n) is 9.87. The number of rotatable bonds is 9. The molecule has 0 saturated carbocycles. The molecule has 0 amide bonds. The van der Waals surface area contributed by atoms with Crippen LogP contribution in [0, 0.1) is 36.0 Å². The summed E-state index contributed by atoms with van der Waals surface area (Å²) in [6.45, 7) is 22.8. The third-order valence-electron chi connectivity index (χ3n) is 13.5. The van der Waals surface area contributed by atoms with Crippen LogP contribution in [0.2, 0.25) is 0 Å². The summed E-state index contributed by atoms with van der Waals surface area (Å²) in [6, 6.07) is -0.357. The Balaban J connectivity index is 1.95. The number of oxime groups is 1. The molecular weight excluding hydrogens is 764 g/mol. The van der Waals surface area contributed by atoms with Crippen molar-refractivity contribution in [2.24, 2.45) is 28.8 Å². The van der Waals surface area contributed by atoms with Crippen LogP contribution in [0.15, 0.2) is 17.3 Å². The fourth-order valence-corrected chi connectivity index (χ4v) is 9.87. The molecule has 0 aromatic heterocycles. The van der Waals surface area contributed by atoms with Gasteiger partial charge in [-0.2, -0.15) is 0 Å². The predicted molar refractivity (Wildman–Crippen MR) is 219 cm³/mol. The maximum atomic E-state index is 14.6. The molecule has 18 atom stereocenters. The molecule has 2 bridgehead atoms. The van der Waals surface area contributed by atoms with E-state index in [1.165, 1.54) is 7.11 Å². The Labute approximate surface area is 352 Å². The Bertz CT molecular complexity index is 1490. The molecule has 3 unspecified atom stereocenters. The zero-order chi connectivity index (χ0) is 44.2. The number of carbonyl (C=O) groups is 1. The van der Waals surface area contributed by atoms with Crippen LogP contribution in [0.3, 0.4) is 0 Å². The molecule has 59 heavy (non-hydrogen) atoms. The van der Waals surface area contributed by atoms with Gasteiger partial charge in [0.1, 0.15) is 23.9 Å². The van der Waals surface area contributed by atoms with Gasteiger partial charge in [-0.15, -0.1) is 12.3 Å². The fraction of sp³-hybridized carbons (Fsp3) is 0.864. The van der Waals surface area contributed by atoms with Crippen molar-refractivity contribution in [1.29, 1.82) is 0 Å². The normalized spacial score (nSPS) is 46.5. The number of cyclic esters (lactones) is 1. The van der Waals surface area contributed by atoms with Crippen molar-refractivity contribution >= 4 is 11.7 Å². The second-order valence-corrected chi connectivity index (χ2v) is 18.3. The van der Waals surface area contributed by atoms with E-state index in [-0.39, 0.29) is 44.6 Å². The molecule has 4 heterocycles. The lowest BCUT2D eigenvalue weighted by molar-refractivity contribution is -0.320. The van der Waals surface area contributed by atoms with Crippen LogP contribution in [0.5, 0.6) is 0 Å². The molecule has 15 heteroatoms. The molecule has 338 valence electrons. The van der Waals surface area contributed by atoms with Crippen LogP contribution in [0.25, 0.3) is 0 Å². The summed E-state index contributed by atoms with van der Waals surface area (Å²) in [4.78, 5) is 16.6. The Kier molecular flexibility index (Phi) is 17.0.